The average molecular weight is 356 g/mol. The normalized spacial score (nSPS) is 11.5. The van der Waals surface area contributed by atoms with Gasteiger partial charge in [0, 0.05) is 17.3 Å². The van der Waals surface area contributed by atoms with Crippen LogP contribution in [0.25, 0.3) is 22.6 Å². The minimum absolute atomic E-state index is 0.252. The number of phenolic OH excluding ortho intramolecular Hbond substituents is 1. The number of hydrogen-bond acceptors (Lipinski definition) is 4. The number of fused-ring (bicyclic) bond motifs is 1. The van der Waals surface area contributed by atoms with Crippen LogP contribution in [0, 0.1) is 20.8 Å². The molecule has 4 aromatic rings. The molecule has 0 unspecified atom stereocenters. The molecule has 0 bridgehead atoms. The molecule has 1 N–H and O–H groups in total. The van der Waals surface area contributed by atoms with E-state index in [1.54, 1.807) is 6.21 Å². The number of phenols is 1. The van der Waals surface area contributed by atoms with Gasteiger partial charge < -0.3 is 9.52 Å². The van der Waals surface area contributed by atoms with E-state index in [2.05, 4.69) is 23.8 Å². The van der Waals surface area contributed by atoms with Crippen molar-refractivity contribution < 1.29 is 9.52 Å². The first-order valence-electron chi connectivity index (χ1n) is 8.82. The molecule has 0 fully saturated rings. The van der Waals surface area contributed by atoms with Gasteiger partial charge in [-0.05, 0) is 73.9 Å². The van der Waals surface area contributed by atoms with E-state index in [4.69, 9.17) is 4.42 Å². The Bertz CT molecular complexity index is 1130. The number of aromatic nitrogens is 1. The lowest BCUT2D eigenvalue weighted by Crippen LogP contribution is -1.85. The molecule has 0 amide bonds. The molecule has 1 aromatic heterocycles. The SMILES string of the molecule is Cc1cc2nc(-c3cccc(N=Cc4cccc(C)c4O)c3)oc2cc1C. The lowest BCUT2D eigenvalue weighted by molar-refractivity contribution is 0.470. The summed E-state index contributed by atoms with van der Waals surface area (Å²) in [4.78, 5) is 9.10. The maximum atomic E-state index is 10.1. The fourth-order valence-corrected chi connectivity index (χ4v) is 2.95. The van der Waals surface area contributed by atoms with Gasteiger partial charge in [0.15, 0.2) is 5.58 Å². The minimum Gasteiger partial charge on any atom is -0.507 e. The molecule has 0 saturated carbocycles. The van der Waals surface area contributed by atoms with Crippen LogP contribution in [0.3, 0.4) is 0 Å². The number of aromatic hydroxyl groups is 1. The second-order valence-electron chi connectivity index (χ2n) is 6.74. The largest absolute Gasteiger partial charge is 0.507 e. The van der Waals surface area contributed by atoms with Crippen molar-refractivity contribution in [2.45, 2.75) is 20.8 Å². The molecule has 0 radical (unpaired) electrons. The Hall–Kier alpha value is -3.40. The Labute approximate surface area is 157 Å². The first-order chi connectivity index (χ1) is 13.0. The van der Waals surface area contributed by atoms with Gasteiger partial charge in [-0.25, -0.2) is 4.98 Å². The van der Waals surface area contributed by atoms with Crippen molar-refractivity contribution in [2.75, 3.05) is 0 Å². The van der Waals surface area contributed by atoms with E-state index >= 15 is 0 Å². The van der Waals surface area contributed by atoms with Gasteiger partial charge in [-0.3, -0.25) is 4.99 Å². The number of oxazole rings is 1. The van der Waals surface area contributed by atoms with Gasteiger partial charge in [0.1, 0.15) is 11.3 Å². The van der Waals surface area contributed by atoms with Crippen LogP contribution in [0.2, 0.25) is 0 Å². The highest BCUT2D eigenvalue weighted by Crippen LogP contribution is 2.29. The second kappa shape index (κ2) is 6.72. The van der Waals surface area contributed by atoms with Crippen molar-refractivity contribution in [3.8, 4) is 17.2 Å². The third kappa shape index (κ3) is 3.34. The number of nitrogens with zero attached hydrogens (tertiary/aromatic N) is 2. The standard InChI is InChI=1S/C23H20N2O2/c1-14-6-4-8-18(22(14)26)13-24-19-9-5-7-17(12-19)23-25-20-10-15(2)16(3)11-21(20)27-23/h4-13,26H,1-3H3. The summed E-state index contributed by atoms with van der Waals surface area (Å²) in [5.74, 6) is 0.826. The summed E-state index contributed by atoms with van der Waals surface area (Å²) in [7, 11) is 0. The van der Waals surface area contributed by atoms with Gasteiger partial charge in [0.25, 0.3) is 0 Å². The van der Waals surface area contributed by atoms with E-state index in [1.165, 1.54) is 11.1 Å². The summed E-state index contributed by atoms with van der Waals surface area (Å²) in [6.07, 6.45) is 1.67. The number of hydrogen-bond donors (Lipinski definition) is 1. The Balaban J connectivity index is 1.68. The van der Waals surface area contributed by atoms with Crippen molar-refractivity contribution in [3.05, 3.63) is 76.9 Å². The van der Waals surface area contributed by atoms with Crippen molar-refractivity contribution in [2.24, 2.45) is 4.99 Å². The first-order valence-corrected chi connectivity index (χ1v) is 8.82. The molecule has 3 aromatic carbocycles. The highest BCUT2D eigenvalue weighted by Gasteiger charge is 2.10. The van der Waals surface area contributed by atoms with Crippen LogP contribution in [0.4, 0.5) is 5.69 Å². The molecule has 0 spiro atoms. The zero-order valence-corrected chi connectivity index (χ0v) is 15.5. The molecule has 4 nitrogen and oxygen atoms in total. The molecule has 0 aliphatic rings. The molecule has 27 heavy (non-hydrogen) atoms. The molecular weight excluding hydrogens is 336 g/mol. The lowest BCUT2D eigenvalue weighted by Gasteiger charge is -2.02. The van der Waals surface area contributed by atoms with Crippen LogP contribution in [0.1, 0.15) is 22.3 Å². The predicted octanol–water partition coefficient (Wildman–Crippen LogP) is 5.88. The highest BCUT2D eigenvalue weighted by molar-refractivity contribution is 5.86. The number of aryl methyl sites for hydroxylation is 3. The topological polar surface area (TPSA) is 58.6 Å². The summed E-state index contributed by atoms with van der Waals surface area (Å²) in [5, 5.41) is 10.1. The first kappa shape index (κ1) is 17.0. The van der Waals surface area contributed by atoms with Crippen LogP contribution in [-0.4, -0.2) is 16.3 Å². The number of aliphatic imine (C=N–C) groups is 1. The van der Waals surface area contributed by atoms with E-state index in [-0.39, 0.29) is 5.75 Å². The van der Waals surface area contributed by atoms with Gasteiger partial charge in [-0.1, -0.05) is 18.2 Å². The molecule has 1 heterocycles. The molecule has 4 heteroatoms. The van der Waals surface area contributed by atoms with Crippen molar-refractivity contribution in [3.63, 3.8) is 0 Å². The molecule has 0 aliphatic heterocycles. The van der Waals surface area contributed by atoms with Gasteiger partial charge in [-0.15, -0.1) is 0 Å². The van der Waals surface area contributed by atoms with E-state index < -0.39 is 0 Å². The summed E-state index contributed by atoms with van der Waals surface area (Å²) in [5.41, 5.74) is 7.16. The Morgan fingerprint density at radius 1 is 0.926 bits per heavy atom. The number of benzene rings is 3. The summed E-state index contributed by atoms with van der Waals surface area (Å²) in [6.45, 7) is 6.00. The van der Waals surface area contributed by atoms with Gasteiger partial charge in [0.2, 0.25) is 5.89 Å². The quantitative estimate of drug-likeness (QED) is 0.467. The number of rotatable bonds is 3. The number of para-hydroxylation sites is 1. The molecule has 0 aliphatic carbocycles. The zero-order valence-electron chi connectivity index (χ0n) is 15.5. The lowest BCUT2D eigenvalue weighted by atomic mass is 10.1. The van der Waals surface area contributed by atoms with Gasteiger partial charge in [0.05, 0.1) is 5.69 Å². The Morgan fingerprint density at radius 2 is 1.70 bits per heavy atom. The predicted molar refractivity (Wildman–Crippen MR) is 109 cm³/mol. The Kier molecular flexibility index (Phi) is 4.24. The second-order valence-corrected chi connectivity index (χ2v) is 6.74. The molecule has 0 saturated heterocycles. The maximum Gasteiger partial charge on any atom is 0.227 e. The van der Waals surface area contributed by atoms with Crippen LogP contribution in [0.5, 0.6) is 5.75 Å². The monoisotopic (exact) mass is 356 g/mol. The third-order valence-corrected chi connectivity index (χ3v) is 4.72. The van der Waals surface area contributed by atoms with E-state index in [0.29, 0.717) is 11.5 Å². The fourth-order valence-electron chi connectivity index (χ4n) is 2.95. The van der Waals surface area contributed by atoms with Crippen LogP contribution < -0.4 is 0 Å². The van der Waals surface area contributed by atoms with Gasteiger partial charge in [-0.2, -0.15) is 0 Å². The summed E-state index contributed by atoms with van der Waals surface area (Å²) >= 11 is 0. The minimum atomic E-state index is 0.252. The molecule has 0 atom stereocenters. The van der Waals surface area contributed by atoms with Crippen LogP contribution in [-0.2, 0) is 0 Å². The van der Waals surface area contributed by atoms with E-state index in [1.807, 2.05) is 61.5 Å². The van der Waals surface area contributed by atoms with Crippen molar-refractivity contribution in [1.29, 1.82) is 0 Å². The van der Waals surface area contributed by atoms with Gasteiger partial charge >= 0.3 is 0 Å². The summed E-state index contributed by atoms with van der Waals surface area (Å²) in [6, 6.07) is 17.4. The van der Waals surface area contributed by atoms with Crippen LogP contribution >= 0.6 is 0 Å². The average Bonchev–Trinajstić information content (AvgIpc) is 3.06. The van der Waals surface area contributed by atoms with Crippen molar-refractivity contribution in [1.82, 2.24) is 4.98 Å². The van der Waals surface area contributed by atoms with Crippen LogP contribution in [0.15, 0.2) is 64.0 Å². The van der Waals surface area contributed by atoms with E-state index in [9.17, 15) is 5.11 Å². The molecular formula is C23H20N2O2. The maximum absolute atomic E-state index is 10.1. The van der Waals surface area contributed by atoms with E-state index in [0.717, 1.165) is 27.9 Å². The van der Waals surface area contributed by atoms with Crippen molar-refractivity contribution >= 4 is 23.0 Å². The summed E-state index contributed by atoms with van der Waals surface area (Å²) < 4.78 is 5.94. The molecule has 134 valence electrons. The zero-order chi connectivity index (χ0) is 19.0. The molecule has 4 rings (SSSR count). The highest BCUT2D eigenvalue weighted by atomic mass is 16.3. The third-order valence-electron chi connectivity index (χ3n) is 4.72. The fraction of sp³-hybridized carbons (Fsp3) is 0.130. The smallest absolute Gasteiger partial charge is 0.227 e. The Morgan fingerprint density at radius 3 is 2.56 bits per heavy atom.